The third-order valence-electron chi connectivity index (χ3n) is 5.50. The van der Waals surface area contributed by atoms with E-state index in [1.54, 1.807) is 31.3 Å². The van der Waals surface area contributed by atoms with Gasteiger partial charge in [-0.1, -0.05) is 34.6 Å². The van der Waals surface area contributed by atoms with Crippen molar-refractivity contribution in [2.75, 3.05) is 18.5 Å². The number of nitrogens with one attached hydrogen (secondary N) is 3. The lowest BCUT2D eigenvalue weighted by Gasteiger charge is -2.26. The number of alkyl halides is 3. The van der Waals surface area contributed by atoms with Gasteiger partial charge in [0.25, 0.3) is 5.88 Å². The molecule has 0 radical (unpaired) electrons. The number of para-hydroxylation sites is 1. The SMILES string of the molecule is Cn1cc(OC(=O)N[C@@]2(C(=O)NCc3ccc(Nc4ccccc4C(F)(F)F)cc3)CCOC2)nn1. The summed E-state index contributed by atoms with van der Waals surface area (Å²) in [7, 11) is 1.61. The van der Waals surface area contributed by atoms with E-state index in [2.05, 4.69) is 26.3 Å². The summed E-state index contributed by atoms with van der Waals surface area (Å²) in [5.74, 6) is -0.478. The average molecular weight is 504 g/mol. The zero-order valence-corrected chi connectivity index (χ0v) is 19.1. The first kappa shape index (κ1) is 25.0. The van der Waals surface area contributed by atoms with Crippen LogP contribution in [0.4, 0.5) is 29.3 Å². The summed E-state index contributed by atoms with van der Waals surface area (Å²) in [4.78, 5) is 25.3. The Labute approximate surface area is 203 Å². The molecule has 0 unspecified atom stereocenters. The molecule has 36 heavy (non-hydrogen) atoms. The van der Waals surface area contributed by atoms with Gasteiger partial charge in [-0.2, -0.15) is 13.2 Å². The van der Waals surface area contributed by atoms with Crippen LogP contribution in [0.15, 0.2) is 54.7 Å². The molecular weight excluding hydrogens is 481 g/mol. The summed E-state index contributed by atoms with van der Waals surface area (Å²) in [6, 6.07) is 11.8. The molecule has 0 saturated carbocycles. The van der Waals surface area contributed by atoms with Crippen LogP contribution in [0.2, 0.25) is 0 Å². The van der Waals surface area contributed by atoms with Crippen LogP contribution in [0.3, 0.4) is 0 Å². The summed E-state index contributed by atoms with van der Waals surface area (Å²) in [5, 5.41) is 15.4. The van der Waals surface area contributed by atoms with Crippen molar-refractivity contribution in [3.8, 4) is 5.88 Å². The van der Waals surface area contributed by atoms with Crippen LogP contribution >= 0.6 is 0 Å². The number of aryl methyl sites for hydroxylation is 1. The minimum Gasteiger partial charge on any atom is -0.388 e. The van der Waals surface area contributed by atoms with Crippen molar-refractivity contribution >= 4 is 23.4 Å². The fourth-order valence-corrected chi connectivity index (χ4v) is 3.64. The van der Waals surface area contributed by atoms with Gasteiger partial charge in [0.1, 0.15) is 5.54 Å². The fraction of sp³-hybridized carbons (Fsp3) is 0.304. The lowest BCUT2D eigenvalue weighted by Crippen LogP contribution is -2.59. The smallest absolute Gasteiger partial charge is 0.388 e. The number of aromatic nitrogens is 3. The van der Waals surface area contributed by atoms with E-state index in [0.29, 0.717) is 11.3 Å². The number of ether oxygens (including phenoxy) is 2. The molecule has 1 aromatic heterocycles. The van der Waals surface area contributed by atoms with Gasteiger partial charge in [-0.3, -0.25) is 9.48 Å². The normalized spacial score (nSPS) is 17.4. The summed E-state index contributed by atoms with van der Waals surface area (Å²) < 4.78 is 51.4. The Morgan fingerprint density at radius 2 is 1.92 bits per heavy atom. The standard InChI is InChI=1S/C23H23F3N6O4/c1-32-13-19(30-31-32)36-21(34)29-22(10-11-35-14-22)20(33)27-12-15-6-8-16(9-7-15)28-18-5-3-2-4-17(18)23(24,25)26/h2-9,13,28H,10-12,14H2,1H3,(H,27,33)(H,29,34)/t22-/m0/s1. The molecule has 3 N–H and O–H groups in total. The van der Waals surface area contributed by atoms with Gasteiger partial charge in [0, 0.05) is 32.3 Å². The number of anilines is 2. The minimum absolute atomic E-state index is 0.0176. The Kier molecular flexibility index (Phi) is 7.10. The maximum Gasteiger partial charge on any atom is 0.418 e. The number of rotatable bonds is 7. The molecule has 1 atom stereocenters. The highest BCUT2D eigenvalue weighted by Gasteiger charge is 2.44. The molecular formula is C23H23F3N6O4. The highest BCUT2D eigenvalue weighted by molar-refractivity contribution is 5.90. The Morgan fingerprint density at radius 3 is 2.56 bits per heavy atom. The second-order valence-corrected chi connectivity index (χ2v) is 8.18. The van der Waals surface area contributed by atoms with Gasteiger partial charge in [0.2, 0.25) is 5.91 Å². The summed E-state index contributed by atoms with van der Waals surface area (Å²) in [5.41, 5.74) is -0.989. The molecule has 0 spiro atoms. The quantitative estimate of drug-likeness (QED) is 0.452. The van der Waals surface area contributed by atoms with Crippen LogP contribution < -0.4 is 20.7 Å². The molecule has 3 aromatic rings. The van der Waals surface area contributed by atoms with Gasteiger partial charge < -0.3 is 25.4 Å². The summed E-state index contributed by atoms with van der Waals surface area (Å²) >= 11 is 0. The zero-order chi connectivity index (χ0) is 25.8. The molecule has 13 heteroatoms. The van der Waals surface area contributed by atoms with Crippen LogP contribution in [0, 0.1) is 0 Å². The van der Waals surface area contributed by atoms with Gasteiger partial charge in [-0.25, -0.2) is 4.79 Å². The third-order valence-corrected chi connectivity index (χ3v) is 5.50. The van der Waals surface area contributed by atoms with Crippen molar-refractivity contribution in [2.45, 2.75) is 24.7 Å². The minimum atomic E-state index is -4.48. The van der Waals surface area contributed by atoms with Crippen molar-refractivity contribution in [3.63, 3.8) is 0 Å². The largest absolute Gasteiger partial charge is 0.418 e. The topological polar surface area (TPSA) is 119 Å². The number of carbonyl (C=O) groups excluding carboxylic acids is 2. The molecule has 1 aliphatic rings. The molecule has 10 nitrogen and oxygen atoms in total. The second kappa shape index (κ2) is 10.2. The molecule has 0 aliphatic carbocycles. The van der Waals surface area contributed by atoms with Gasteiger partial charge >= 0.3 is 12.3 Å². The maximum absolute atomic E-state index is 13.2. The van der Waals surface area contributed by atoms with Gasteiger partial charge in [-0.15, -0.1) is 0 Å². The van der Waals surface area contributed by atoms with E-state index >= 15 is 0 Å². The third kappa shape index (κ3) is 5.92. The maximum atomic E-state index is 13.2. The van der Waals surface area contributed by atoms with Gasteiger partial charge in [0.05, 0.1) is 24.1 Å². The van der Waals surface area contributed by atoms with E-state index in [1.807, 2.05) is 0 Å². The number of benzene rings is 2. The fourth-order valence-electron chi connectivity index (χ4n) is 3.64. The van der Waals surface area contributed by atoms with Crippen molar-refractivity contribution in [1.82, 2.24) is 25.6 Å². The lowest BCUT2D eigenvalue weighted by atomic mass is 9.97. The van der Waals surface area contributed by atoms with Gasteiger partial charge in [-0.05, 0) is 29.8 Å². The number of hydrogen-bond acceptors (Lipinski definition) is 7. The van der Waals surface area contributed by atoms with E-state index in [1.165, 1.54) is 29.1 Å². The van der Waals surface area contributed by atoms with E-state index in [4.69, 9.17) is 9.47 Å². The first-order valence-electron chi connectivity index (χ1n) is 10.9. The highest BCUT2D eigenvalue weighted by atomic mass is 19.4. The molecule has 4 rings (SSSR count). The molecule has 2 amide bonds. The molecule has 1 aliphatic heterocycles. The van der Waals surface area contributed by atoms with Crippen molar-refractivity contribution in [1.29, 1.82) is 0 Å². The van der Waals surface area contributed by atoms with Crippen molar-refractivity contribution in [2.24, 2.45) is 7.05 Å². The first-order chi connectivity index (χ1) is 17.1. The second-order valence-electron chi connectivity index (χ2n) is 8.18. The molecule has 1 saturated heterocycles. The number of halogens is 3. The van der Waals surface area contributed by atoms with E-state index < -0.39 is 29.3 Å². The number of carbonyl (C=O) groups is 2. The highest BCUT2D eigenvalue weighted by Crippen LogP contribution is 2.35. The molecule has 190 valence electrons. The monoisotopic (exact) mass is 504 g/mol. The Hall–Kier alpha value is -4.13. The van der Waals surface area contributed by atoms with E-state index in [0.717, 1.165) is 6.07 Å². The van der Waals surface area contributed by atoms with E-state index in [9.17, 15) is 22.8 Å². The van der Waals surface area contributed by atoms with Crippen LogP contribution in [-0.2, 0) is 29.3 Å². The molecule has 2 aromatic carbocycles. The predicted molar refractivity (Wildman–Crippen MR) is 121 cm³/mol. The Balaban J connectivity index is 1.35. The molecule has 0 bridgehead atoms. The zero-order valence-electron chi connectivity index (χ0n) is 19.1. The average Bonchev–Trinajstić information content (AvgIpc) is 3.47. The Bertz CT molecular complexity index is 1220. The van der Waals surface area contributed by atoms with Crippen LogP contribution in [-0.4, -0.2) is 45.7 Å². The van der Waals surface area contributed by atoms with Crippen LogP contribution in [0.1, 0.15) is 17.5 Å². The summed E-state index contributed by atoms with van der Waals surface area (Å²) in [6.07, 6.45) is -3.71. The van der Waals surface area contributed by atoms with Crippen LogP contribution in [0.25, 0.3) is 0 Å². The Morgan fingerprint density at radius 1 is 1.17 bits per heavy atom. The van der Waals surface area contributed by atoms with Gasteiger partial charge in [0.15, 0.2) is 0 Å². The summed E-state index contributed by atoms with van der Waals surface area (Å²) in [6.45, 7) is 0.370. The molecule has 2 heterocycles. The number of amides is 2. The van der Waals surface area contributed by atoms with Crippen molar-refractivity contribution in [3.05, 3.63) is 65.9 Å². The predicted octanol–water partition coefficient (Wildman–Crippen LogP) is 3.14. The number of hydrogen-bond donors (Lipinski definition) is 3. The first-order valence-corrected chi connectivity index (χ1v) is 10.9. The lowest BCUT2D eigenvalue weighted by molar-refractivity contribution is -0.137. The molecule has 1 fully saturated rings. The van der Waals surface area contributed by atoms with Crippen LogP contribution in [0.5, 0.6) is 5.88 Å². The van der Waals surface area contributed by atoms with E-state index in [-0.39, 0.29) is 37.7 Å². The number of nitrogens with zero attached hydrogens (tertiary/aromatic N) is 3. The van der Waals surface area contributed by atoms with Crippen molar-refractivity contribution < 1.29 is 32.2 Å².